The number of rotatable bonds is 5. The molecule has 1 aromatic rings. The zero-order chi connectivity index (χ0) is 17.1. The molecule has 0 spiro atoms. The Labute approximate surface area is 147 Å². The van der Waals surface area contributed by atoms with Crippen molar-refractivity contribution in [3.8, 4) is 0 Å². The first kappa shape index (κ1) is 17.2. The highest BCUT2D eigenvalue weighted by molar-refractivity contribution is 6.52. The summed E-state index contributed by atoms with van der Waals surface area (Å²) in [6.45, 7) is 0. The lowest BCUT2D eigenvalue weighted by atomic mass is 9.84. The number of carbonyl (C=O) groups is 2. The molecule has 2 aliphatic carbocycles. The second kappa shape index (κ2) is 7.52. The van der Waals surface area contributed by atoms with Gasteiger partial charge in [-0.1, -0.05) is 56.5 Å². The minimum absolute atomic E-state index is 0.0519. The molecule has 1 aromatic carbocycles. The molecular weight excluding hydrogens is 324 g/mol. The van der Waals surface area contributed by atoms with Gasteiger partial charge in [0.25, 0.3) is 0 Å². The molecule has 0 aromatic heterocycles. The Morgan fingerprint density at radius 2 is 1.75 bits per heavy atom. The van der Waals surface area contributed by atoms with E-state index in [-0.39, 0.29) is 16.9 Å². The van der Waals surface area contributed by atoms with E-state index in [2.05, 4.69) is 0 Å². The van der Waals surface area contributed by atoms with Crippen LogP contribution in [0.15, 0.2) is 23.8 Å². The highest BCUT2D eigenvalue weighted by Crippen LogP contribution is 2.33. The molecule has 0 radical (unpaired) electrons. The maximum Gasteiger partial charge on any atom is 0.234 e. The van der Waals surface area contributed by atoms with Gasteiger partial charge in [-0.25, -0.2) is 0 Å². The molecule has 1 saturated carbocycles. The summed E-state index contributed by atoms with van der Waals surface area (Å²) >= 11 is 5.89. The van der Waals surface area contributed by atoms with Crippen LogP contribution in [0.4, 0.5) is 0 Å². The van der Waals surface area contributed by atoms with Crippen LogP contribution < -0.4 is 0 Å². The molecule has 0 atom stereocenters. The summed E-state index contributed by atoms with van der Waals surface area (Å²) in [4.78, 5) is 24.5. The SMILES string of the molecule is O=C1C(=O)c2cc(Cl)ccc2C(O)=C1CCCCC1CCCCC1. The first-order valence-electron chi connectivity index (χ1n) is 8.89. The predicted octanol–water partition coefficient (Wildman–Crippen LogP) is 5.52. The fourth-order valence-electron chi connectivity index (χ4n) is 3.88. The number of unbranched alkanes of at least 4 members (excludes halogenated alkanes) is 1. The Bertz CT molecular complexity index is 684. The van der Waals surface area contributed by atoms with Crippen LogP contribution in [-0.4, -0.2) is 16.7 Å². The van der Waals surface area contributed by atoms with Crippen LogP contribution in [0, 0.1) is 5.92 Å². The largest absolute Gasteiger partial charge is 0.507 e. The van der Waals surface area contributed by atoms with E-state index in [0.717, 1.165) is 18.8 Å². The van der Waals surface area contributed by atoms with Crippen LogP contribution in [0.1, 0.15) is 73.7 Å². The molecule has 0 unspecified atom stereocenters. The third-order valence-corrected chi connectivity index (χ3v) is 5.50. The summed E-state index contributed by atoms with van der Waals surface area (Å²) in [6.07, 6.45) is 10.2. The van der Waals surface area contributed by atoms with Crippen LogP contribution in [0.3, 0.4) is 0 Å². The highest BCUT2D eigenvalue weighted by atomic mass is 35.5. The van der Waals surface area contributed by atoms with Gasteiger partial charge in [-0.3, -0.25) is 9.59 Å². The number of ketones is 2. The van der Waals surface area contributed by atoms with E-state index in [1.165, 1.54) is 44.6 Å². The lowest BCUT2D eigenvalue weighted by Crippen LogP contribution is -2.24. The number of aliphatic hydroxyl groups excluding tert-OH is 1. The number of benzene rings is 1. The van der Waals surface area contributed by atoms with Gasteiger partial charge >= 0.3 is 0 Å². The summed E-state index contributed by atoms with van der Waals surface area (Å²) in [5, 5.41) is 10.8. The number of hydrogen-bond acceptors (Lipinski definition) is 3. The zero-order valence-electron chi connectivity index (χ0n) is 13.8. The number of fused-ring (bicyclic) bond motifs is 1. The lowest BCUT2D eigenvalue weighted by molar-refractivity contribution is -0.112. The van der Waals surface area contributed by atoms with Crippen molar-refractivity contribution < 1.29 is 14.7 Å². The summed E-state index contributed by atoms with van der Waals surface area (Å²) in [7, 11) is 0. The lowest BCUT2D eigenvalue weighted by Gasteiger charge is -2.21. The third kappa shape index (κ3) is 3.56. The van der Waals surface area contributed by atoms with Crippen LogP contribution in [0.2, 0.25) is 5.02 Å². The van der Waals surface area contributed by atoms with Gasteiger partial charge in [0.15, 0.2) is 0 Å². The molecule has 1 N–H and O–H groups in total. The molecule has 3 nitrogen and oxygen atoms in total. The second-order valence-electron chi connectivity index (χ2n) is 6.93. The molecule has 24 heavy (non-hydrogen) atoms. The molecule has 0 aliphatic heterocycles. The van der Waals surface area contributed by atoms with E-state index < -0.39 is 11.6 Å². The van der Waals surface area contributed by atoms with E-state index in [1.54, 1.807) is 12.1 Å². The van der Waals surface area contributed by atoms with Crippen molar-refractivity contribution in [2.75, 3.05) is 0 Å². The minimum Gasteiger partial charge on any atom is -0.507 e. The first-order valence-corrected chi connectivity index (χ1v) is 9.27. The van der Waals surface area contributed by atoms with Crippen molar-refractivity contribution in [3.63, 3.8) is 0 Å². The summed E-state index contributed by atoms with van der Waals surface area (Å²) < 4.78 is 0. The maximum absolute atomic E-state index is 12.3. The fraction of sp³-hybridized carbons (Fsp3) is 0.500. The quantitative estimate of drug-likeness (QED) is 0.564. The van der Waals surface area contributed by atoms with Crippen LogP contribution >= 0.6 is 11.6 Å². The van der Waals surface area contributed by atoms with Crippen molar-refractivity contribution in [2.24, 2.45) is 5.92 Å². The van der Waals surface area contributed by atoms with Crippen molar-refractivity contribution in [1.82, 2.24) is 0 Å². The van der Waals surface area contributed by atoms with E-state index in [4.69, 9.17) is 11.6 Å². The van der Waals surface area contributed by atoms with Crippen LogP contribution in [-0.2, 0) is 4.79 Å². The van der Waals surface area contributed by atoms with Crippen molar-refractivity contribution in [2.45, 2.75) is 57.8 Å². The third-order valence-electron chi connectivity index (χ3n) is 5.26. The van der Waals surface area contributed by atoms with Crippen LogP contribution in [0.5, 0.6) is 0 Å². The topological polar surface area (TPSA) is 54.4 Å². The average Bonchev–Trinajstić information content (AvgIpc) is 2.60. The van der Waals surface area contributed by atoms with Gasteiger partial charge in [-0.05, 0) is 37.0 Å². The first-order chi connectivity index (χ1) is 11.6. The molecule has 2 aliphatic rings. The number of allylic oxidation sites excluding steroid dienone is 1. The van der Waals surface area contributed by atoms with Crippen LogP contribution in [0.25, 0.3) is 5.76 Å². The molecule has 3 rings (SSSR count). The van der Waals surface area contributed by atoms with Gasteiger partial charge in [-0.2, -0.15) is 0 Å². The Balaban J connectivity index is 1.65. The molecule has 0 bridgehead atoms. The molecule has 0 amide bonds. The number of hydrogen-bond donors (Lipinski definition) is 1. The Morgan fingerprint density at radius 3 is 2.50 bits per heavy atom. The van der Waals surface area contributed by atoms with E-state index in [1.807, 2.05) is 0 Å². The fourth-order valence-corrected chi connectivity index (χ4v) is 4.05. The predicted molar refractivity (Wildman–Crippen MR) is 95.4 cm³/mol. The van der Waals surface area contributed by atoms with E-state index >= 15 is 0 Å². The number of Topliss-reactive ketones (excluding diaryl/α,β-unsaturated/α-hetero) is 2. The van der Waals surface area contributed by atoms with Gasteiger partial charge in [0.1, 0.15) is 5.76 Å². The molecule has 128 valence electrons. The average molecular weight is 347 g/mol. The molecule has 1 fully saturated rings. The molecule has 0 heterocycles. The van der Waals surface area contributed by atoms with Crippen molar-refractivity contribution in [1.29, 1.82) is 0 Å². The smallest absolute Gasteiger partial charge is 0.234 e. The van der Waals surface area contributed by atoms with Crippen molar-refractivity contribution in [3.05, 3.63) is 39.9 Å². The molecule has 0 saturated heterocycles. The van der Waals surface area contributed by atoms with Crippen molar-refractivity contribution >= 4 is 28.9 Å². The summed E-state index contributed by atoms with van der Waals surface area (Å²) in [5.41, 5.74) is 0.890. The Kier molecular flexibility index (Phi) is 5.40. The molecule has 4 heteroatoms. The molecular formula is C20H23ClO3. The van der Waals surface area contributed by atoms with Gasteiger partial charge < -0.3 is 5.11 Å². The van der Waals surface area contributed by atoms with E-state index in [0.29, 0.717) is 17.0 Å². The second-order valence-corrected chi connectivity index (χ2v) is 7.36. The maximum atomic E-state index is 12.3. The summed E-state index contributed by atoms with van der Waals surface area (Å²) in [5.74, 6) is -0.385. The zero-order valence-corrected chi connectivity index (χ0v) is 14.6. The van der Waals surface area contributed by atoms with E-state index in [9.17, 15) is 14.7 Å². The standard InChI is InChI=1S/C20H23ClO3/c21-14-10-11-15-17(12-14)20(24)19(23)16(18(15)22)9-5-4-8-13-6-2-1-3-7-13/h10-13,22H,1-9H2. The number of carbonyl (C=O) groups excluding carboxylic acids is 2. The Morgan fingerprint density at radius 1 is 1.00 bits per heavy atom. The monoisotopic (exact) mass is 346 g/mol. The van der Waals surface area contributed by atoms with Gasteiger partial charge in [0.05, 0.1) is 0 Å². The van der Waals surface area contributed by atoms with Gasteiger partial charge in [0, 0.05) is 21.7 Å². The summed E-state index contributed by atoms with van der Waals surface area (Å²) in [6, 6.07) is 4.69. The number of aliphatic hydroxyl groups is 1. The van der Waals surface area contributed by atoms with Gasteiger partial charge in [0.2, 0.25) is 11.6 Å². The number of halogens is 1. The van der Waals surface area contributed by atoms with Gasteiger partial charge in [-0.15, -0.1) is 0 Å². The Hall–Kier alpha value is -1.61. The minimum atomic E-state index is -0.583. The highest BCUT2D eigenvalue weighted by Gasteiger charge is 2.32. The normalized spacial score (nSPS) is 18.9.